The molecule has 0 amide bonds. The highest BCUT2D eigenvalue weighted by Gasteiger charge is 2.22. The molecule has 2 N–H and O–H groups in total. The summed E-state index contributed by atoms with van der Waals surface area (Å²) in [6, 6.07) is 4.90. The molecule has 0 radical (unpaired) electrons. The molecular formula is C18H25FIN5O2. The van der Waals surface area contributed by atoms with Crippen molar-refractivity contribution in [3.05, 3.63) is 41.3 Å². The lowest BCUT2D eigenvalue weighted by molar-refractivity contribution is 0.285. The molecule has 1 unspecified atom stereocenters. The van der Waals surface area contributed by atoms with Gasteiger partial charge in [-0.3, -0.25) is 4.99 Å². The van der Waals surface area contributed by atoms with Crippen LogP contribution in [0, 0.1) is 18.7 Å². The van der Waals surface area contributed by atoms with Crippen molar-refractivity contribution < 1.29 is 13.7 Å². The second kappa shape index (κ2) is 9.86. The zero-order chi connectivity index (χ0) is 18.5. The van der Waals surface area contributed by atoms with Crippen molar-refractivity contribution in [2.24, 2.45) is 10.9 Å². The minimum absolute atomic E-state index is 0. The number of benzene rings is 1. The van der Waals surface area contributed by atoms with Gasteiger partial charge in [0.25, 0.3) is 0 Å². The van der Waals surface area contributed by atoms with E-state index in [4.69, 9.17) is 9.26 Å². The summed E-state index contributed by atoms with van der Waals surface area (Å²) in [5, 5.41) is 10.1. The molecular weight excluding hydrogens is 464 g/mol. The van der Waals surface area contributed by atoms with Gasteiger partial charge in [-0.1, -0.05) is 11.2 Å². The second-order valence-electron chi connectivity index (χ2n) is 6.47. The average molecular weight is 489 g/mol. The fourth-order valence-corrected chi connectivity index (χ4v) is 2.45. The van der Waals surface area contributed by atoms with Gasteiger partial charge in [0.05, 0.1) is 19.2 Å². The van der Waals surface area contributed by atoms with Crippen LogP contribution in [-0.4, -0.2) is 29.8 Å². The molecule has 1 aromatic heterocycles. The number of rotatable bonds is 7. The summed E-state index contributed by atoms with van der Waals surface area (Å²) >= 11 is 0. The van der Waals surface area contributed by atoms with Crippen LogP contribution in [0.4, 0.5) is 4.39 Å². The van der Waals surface area contributed by atoms with Crippen molar-refractivity contribution in [3.8, 4) is 5.75 Å². The summed E-state index contributed by atoms with van der Waals surface area (Å²) < 4.78 is 24.7. The van der Waals surface area contributed by atoms with Crippen molar-refractivity contribution in [1.82, 2.24) is 20.8 Å². The Morgan fingerprint density at radius 3 is 2.81 bits per heavy atom. The Labute approximate surface area is 175 Å². The maximum atomic E-state index is 14.2. The predicted octanol–water partition coefficient (Wildman–Crippen LogP) is 3.35. The van der Waals surface area contributed by atoms with Crippen LogP contribution in [0.15, 0.2) is 27.7 Å². The number of aliphatic imine (C=N–C) groups is 1. The van der Waals surface area contributed by atoms with Gasteiger partial charge >= 0.3 is 0 Å². The number of aromatic nitrogens is 2. The number of ether oxygens (including phenoxy) is 1. The lowest BCUT2D eigenvalue weighted by atomic mass is 10.1. The molecule has 9 heteroatoms. The Kier molecular flexibility index (Phi) is 7.81. The quantitative estimate of drug-likeness (QED) is 0.353. The summed E-state index contributed by atoms with van der Waals surface area (Å²) in [6.45, 7) is 4.64. The van der Waals surface area contributed by atoms with Crippen LogP contribution in [0.5, 0.6) is 5.75 Å². The molecule has 2 aromatic rings. The van der Waals surface area contributed by atoms with Crippen LogP contribution < -0.4 is 15.4 Å². The molecule has 0 bridgehead atoms. The van der Waals surface area contributed by atoms with E-state index in [1.54, 1.807) is 20.0 Å². The van der Waals surface area contributed by atoms with Crippen LogP contribution in [0.3, 0.4) is 0 Å². The van der Waals surface area contributed by atoms with Gasteiger partial charge in [0.1, 0.15) is 0 Å². The molecule has 1 aliphatic rings. The lowest BCUT2D eigenvalue weighted by Crippen LogP contribution is -2.38. The van der Waals surface area contributed by atoms with Gasteiger partial charge in [-0.15, -0.1) is 24.0 Å². The summed E-state index contributed by atoms with van der Waals surface area (Å²) in [5.74, 6) is 2.17. The molecule has 1 heterocycles. The van der Waals surface area contributed by atoms with Crippen LogP contribution in [-0.2, 0) is 6.54 Å². The van der Waals surface area contributed by atoms with E-state index in [-0.39, 0.29) is 35.8 Å². The van der Waals surface area contributed by atoms with Crippen molar-refractivity contribution in [2.75, 3.05) is 13.7 Å². The topological polar surface area (TPSA) is 84.6 Å². The molecule has 0 aliphatic heterocycles. The highest BCUT2D eigenvalue weighted by Crippen LogP contribution is 2.30. The van der Waals surface area contributed by atoms with E-state index in [1.807, 2.05) is 13.0 Å². The smallest absolute Gasteiger partial charge is 0.223 e. The number of hydrogen-bond acceptors (Lipinski definition) is 5. The van der Waals surface area contributed by atoms with Gasteiger partial charge in [-0.25, -0.2) is 4.39 Å². The summed E-state index contributed by atoms with van der Waals surface area (Å²) in [5.41, 5.74) is 0.805. The Hall–Kier alpha value is -1.91. The third-order valence-electron chi connectivity index (χ3n) is 4.19. The highest BCUT2D eigenvalue weighted by molar-refractivity contribution is 14.0. The Morgan fingerprint density at radius 2 is 2.22 bits per heavy atom. The Balaban J connectivity index is 0.00000261. The minimum atomic E-state index is -0.345. The molecule has 0 saturated heterocycles. The van der Waals surface area contributed by atoms with Crippen LogP contribution in [0.25, 0.3) is 0 Å². The number of hydrogen-bond donors (Lipinski definition) is 2. The third-order valence-corrected chi connectivity index (χ3v) is 4.19. The van der Waals surface area contributed by atoms with E-state index in [1.165, 1.54) is 18.9 Å². The SMILES string of the molecule is CN=C(NCc1noc(C)n1)NC(C)c1ccc(OCC2CC2)c(F)c1.I. The number of aryl methyl sites for hydroxylation is 1. The number of guanidine groups is 1. The lowest BCUT2D eigenvalue weighted by Gasteiger charge is -2.18. The van der Waals surface area contributed by atoms with E-state index in [9.17, 15) is 4.39 Å². The standard InChI is InChI=1S/C18H24FN5O2.HI/c1-11(22-18(20-3)21-9-17-23-12(2)26-24-17)14-6-7-16(15(19)8-14)25-10-13-4-5-13;/h6-8,11,13H,4-5,9-10H2,1-3H3,(H2,20,21,22);1H. The van der Waals surface area contributed by atoms with E-state index < -0.39 is 0 Å². The van der Waals surface area contributed by atoms with E-state index >= 15 is 0 Å². The van der Waals surface area contributed by atoms with Gasteiger partial charge in [-0.2, -0.15) is 4.98 Å². The van der Waals surface area contributed by atoms with E-state index in [0.29, 0.717) is 42.5 Å². The van der Waals surface area contributed by atoms with E-state index in [2.05, 4.69) is 25.8 Å². The zero-order valence-electron chi connectivity index (χ0n) is 15.7. The maximum absolute atomic E-state index is 14.2. The Bertz CT molecular complexity index is 779. The van der Waals surface area contributed by atoms with Gasteiger partial charge in [-0.05, 0) is 43.4 Å². The number of nitrogens with one attached hydrogen (secondary N) is 2. The van der Waals surface area contributed by atoms with Crippen LogP contribution in [0.2, 0.25) is 0 Å². The normalized spacial score (nSPS) is 15.0. The number of halogens is 2. The molecule has 27 heavy (non-hydrogen) atoms. The fourth-order valence-electron chi connectivity index (χ4n) is 2.45. The third kappa shape index (κ3) is 6.33. The first-order valence-electron chi connectivity index (χ1n) is 8.73. The van der Waals surface area contributed by atoms with Crippen molar-refractivity contribution in [2.45, 2.75) is 39.3 Å². The van der Waals surface area contributed by atoms with Crippen LogP contribution in [0.1, 0.15) is 43.1 Å². The fraction of sp³-hybridized carbons (Fsp3) is 0.500. The summed E-state index contributed by atoms with van der Waals surface area (Å²) in [7, 11) is 1.67. The van der Waals surface area contributed by atoms with E-state index in [0.717, 1.165) is 5.56 Å². The number of nitrogens with zero attached hydrogens (tertiary/aromatic N) is 3. The molecule has 0 spiro atoms. The minimum Gasteiger partial charge on any atom is -0.490 e. The van der Waals surface area contributed by atoms with Crippen molar-refractivity contribution >= 4 is 29.9 Å². The maximum Gasteiger partial charge on any atom is 0.223 e. The average Bonchev–Trinajstić information content (AvgIpc) is 3.37. The molecule has 1 fully saturated rings. The van der Waals surface area contributed by atoms with Gasteiger partial charge < -0.3 is 19.9 Å². The van der Waals surface area contributed by atoms with Crippen LogP contribution >= 0.6 is 24.0 Å². The molecule has 1 aromatic carbocycles. The molecule has 1 aliphatic carbocycles. The first-order valence-corrected chi connectivity index (χ1v) is 8.73. The molecule has 7 nitrogen and oxygen atoms in total. The predicted molar refractivity (Wildman–Crippen MR) is 111 cm³/mol. The molecule has 1 saturated carbocycles. The highest BCUT2D eigenvalue weighted by atomic mass is 127. The monoisotopic (exact) mass is 489 g/mol. The first kappa shape index (κ1) is 21.4. The van der Waals surface area contributed by atoms with Gasteiger partial charge in [0.2, 0.25) is 5.89 Å². The zero-order valence-corrected chi connectivity index (χ0v) is 18.0. The summed E-state index contributed by atoms with van der Waals surface area (Å²) in [6.07, 6.45) is 2.35. The summed E-state index contributed by atoms with van der Waals surface area (Å²) in [4.78, 5) is 8.28. The molecule has 3 rings (SSSR count). The Morgan fingerprint density at radius 1 is 1.44 bits per heavy atom. The molecule has 148 valence electrons. The largest absolute Gasteiger partial charge is 0.490 e. The van der Waals surface area contributed by atoms with Gasteiger partial charge in [0.15, 0.2) is 23.4 Å². The van der Waals surface area contributed by atoms with Gasteiger partial charge in [0, 0.05) is 14.0 Å². The van der Waals surface area contributed by atoms with Crippen molar-refractivity contribution in [3.63, 3.8) is 0 Å². The second-order valence-corrected chi connectivity index (χ2v) is 6.47. The first-order chi connectivity index (χ1) is 12.5. The van der Waals surface area contributed by atoms with Crippen molar-refractivity contribution in [1.29, 1.82) is 0 Å². The molecule has 1 atom stereocenters.